The first-order valence-electron chi connectivity index (χ1n) is 4.05. The molecule has 0 saturated carbocycles. The van der Waals surface area contributed by atoms with Crippen LogP contribution in [0.4, 0.5) is 0 Å². The largest absolute Gasteiger partial charge is 0.319 e. The second kappa shape index (κ2) is 4.07. The van der Waals surface area contributed by atoms with Crippen molar-refractivity contribution in [2.45, 2.75) is 6.42 Å². The monoisotopic (exact) mass is 166 g/mol. The minimum Gasteiger partial charge on any atom is -0.319 e. The average molecular weight is 166 g/mol. The van der Waals surface area contributed by atoms with E-state index in [-0.39, 0.29) is 5.56 Å². The molecule has 0 bridgehead atoms. The maximum Gasteiger partial charge on any atom is 0.250 e. The summed E-state index contributed by atoms with van der Waals surface area (Å²) >= 11 is 0. The summed E-state index contributed by atoms with van der Waals surface area (Å²) in [6.45, 7) is 0.900. The lowest BCUT2D eigenvalue weighted by atomic mass is 10.2. The summed E-state index contributed by atoms with van der Waals surface area (Å²) in [4.78, 5) is 11.1. The van der Waals surface area contributed by atoms with Crippen LogP contribution in [-0.2, 0) is 13.5 Å². The molecule has 3 heteroatoms. The Balaban J connectivity index is 2.85. The van der Waals surface area contributed by atoms with Crippen molar-refractivity contribution < 1.29 is 0 Å². The van der Waals surface area contributed by atoms with E-state index in [1.54, 1.807) is 23.7 Å². The lowest BCUT2D eigenvalue weighted by molar-refractivity contribution is 0.714. The molecule has 66 valence electrons. The number of hydrogen-bond acceptors (Lipinski definition) is 2. The zero-order chi connectivity index (χ0) is 8.97. The van der Waals surface area contributed by atoms with Gasteiger partial charge in [0.05, 0.1) is 0 Å². The van der Waals surface area contributed by atoms with Gasteiger partial charge in [-0.1, -0.05) is 6.07 Å². The van der Waals surface area contributed by atoms with Gasteiger partial charge in [-0.15, -0.1) is 0 Å². The Kier molecular flexibility index (Phi) is 3.05. The molecule has 1 rings (SSSR count). The Labute approximate surface area is 72.0 Å². The first-order valence-corrected chi connectivity index (χ1v) is 4.05. The Morgan fingerprint density at radius 1 is 1.50 bits per heavy atom. The van der Waals surface area contributed by atoms with Gasteiger partial charge in [-0.25, -0.2) is 0 Å². The first kappa shape index (κ1) is 9.00. The quantitative estimate of drug-likeness (QED) is 0.693. The van der Waals surface area contributed by atoms with E-state index in [4.69, 9.17) is 0 Å². The third-order valence-electron chi connectivity index (χ3n) is 1.92. The lowest BCUT2D eigenvalue weighted by Gasteiger charge is -2.05. The molecule has 0 atom stereocenters. The molecule has 0 unspecified atom stereocenters. The van der Waals surface area contributed by atoms with Crippen LogP contribution in [-0.4, -0.2) is 18.2 Å². The van der Waals surface area contributed by atoms with Crippen molar-refractivity contribution in [3.05, 3.63) is 34.2 Å². The summed E-state index contributed by atoms with van der Waals surface area (Å²) in [5.41, 5.74) is 1.13. The van der Waals surface area contributed by atoms with E-state index in [1.165, 1.54) is 0 Å². The molecule has 1 heterocycles. The molecular formula is C9H14N2O. The van der Waals surface area contributed by atoms with Crippen LogP contribution in [0.25, 0.3) is 0 Å². The summed E-state index contributed by atoms with van der Waals surface area (Å²) in [5.74, 6) is 0. The molecule has 0 fully saturated rings. The fourth-order valence-electron chi connectivity index (χ4n) is 1.11. The summed E-state index contributed by atoms with van der Waals surface area (Å²) in [6, 6.07) is 5.34. The van der Waals surface area contributed by atoms with Crippen LogP contribution in [0.15, 0.2) is 23.0 Å². The van der Waals surface area contributed by atoms with Crippen molar-refractivity contribution in [3.8, 4) is 0 Å². The van der Waals surface area contributed by atoms with Gasteiger partial charge in [0.1, 0.15) is 0 Å². The number of pyridine rings is 1. The van der Waals surface area contributed by atoms with Crippen molar-refractivity contribution in [1.82, 2.24) is 9.88 Å². The fraction of sp³-hybridized carbons (Fsp3) is 0.444. The molecule has 1 N–H and O–H groups in total. The molecule has 0 radical (unpaired) electrons. The molecule has 1 aromatic rings. The second-order valence-electron chi connectivity index (χ2n) is 2.77. The third-order valence-corrected chi connectivity index (χ3v) is 1.92. The van der Waals surface area contributed by atoms with Gasteiger partial charge in [-0.2, -0.15) is 0 Å². The van der Waals surface area contributed by atoms with E-state index in [2.05, 4.69) is 5.32 Å². The molecule has 0 amide bonds. The highest BCUT2D eigenvalue weighted by Gasteiger charge is 1.96. The number of hydrogen-bond donors (Lipinski definition) is 1. The van der Waals surface area contributed by atoms with Crippen LogP contribution in [0.3, 0.4) is 0 Å². The van der Waals surface area contributed by atoms with Crippen LogP contribution in [0.1, 0.15) is 5.69 Å². The number of nitrogens with one attached hydrogen (secondary N) is 1. The predicted octanol–water partition coefficient (Wildman–Crippen LogP) is 0.147. The van der Waals surface area contributed by atoms with Crippen molar-refractivity contribution in [1.29, 1.82) is 0 Å². The molecule has 0 aromatic carbocycles. The molecule has 3 nitrogen and oxygen atoms in total. The van der Waals surface area contributed by atoms with E-state index in [9.17, 15) is 4.79 Å². The van der Waals surface area contributed by atoms with Gasteiger partial charge in [0, 0.05) is 31.8 Å². The Hall–Kier alpha value is -1.09. The van der Waals surface area contributed by atoms with Gasteiger partial charge in [-0.3, -0.25) is 4.79 Å². The smallest absolute Gasteiger partial charge is 0.250 e. The van der Waals surface area contributed by atoms with E-state index in [1.807, 2.05) is 13.1 Å². The summed E-state index contributed by atoms with van der Waals surface area (Å²) in [5, 5.41) is 3.05. The molecule has 0 spiro atoms. The van der Waals surface area contributed by atoms with Crippen molar-refractivity contribution in [2.75, 3.05) is 13.6 Å². The Bertz CT molecular complexity index is 304. The molecule has 1 aromatic heterocycles. The van der Waals surface area contributed by atoms with E-state index in [0.717, 1.165) is 18.7 Å². The number of aromatic nitrogens is 1. The van der Waals surface area contributed by atoms with Gasteiger partial charge < -0.3 is 9.88 Å². The van der Waals surface area contributed by atoms with Crippen molar-refractivity contribution in [3.63, 3.8) is 0 Å². The average Bonchev–Trinajstić information content (AvgIpc) is 2.08. The highest BCUT2D eigenvalue weighted by atomic mass is 16.1. The number of rotatable bonds is 3. The fourth-order valence-corrected chi connectivity index (χ4v) is 1.11. The van der Waals surface area contributed by atoms with Gasteiger partial charge in [-0.05, 0) is 13.1 Å². The molecule has 0 aliphatic heterocycles. The van der Waals surface area contributed by atoms with Crippen LogP contribution in [0, 0.1) is 0 Å². The highest BCUT2D eigenvalue weighted by Crippen LogP contribution is 1.93. The topological polar surface area (TPSA) is 34.0 Å². The molecule has 0 aliphatic rings. The highest BCUT2D eigenvalue weighted by molar-refractivity contribution is 5.06. The summed E-state index contributed by atoms with van der Waals surface area (Å²) < 4.78 is 1.68. The van der Waals surface area contributed by atoms with E-state index in [0.29, 0.717) is 0 Å². The van der Waals surface area contributed by atoms with Crippen LogP contribution < -0.4 is 10.9 Å². The lowest BCUT2D eigenvalue weighted by Crippen LogP contribution is -2.21. The normalized spacial score (nSPS) is 10.2. The van der Waals surface area contributed by atoms with Gasteiger partial charge >= 0.3 is 0 Å². The van der Waals surface area contributed by atoms with Crippen LogP contribution in [0.2, 0.25) is 0 Å². The first-order chi connectivity index (χ1) is 5.75. The maximum absolute atomic E-state index is 11.1. The Morgan fingerprint density at radius 3 is 2.92 bits per heavy atom. The van der Waals surface area contributed by atoms with E-state index < -0.39 is 0 Å². The molecule has 0 saturated heterocycles. The molecule has 0 aliphatic carbocycles. The SMILES string of the molecule is CNCCc1cccc(=O)n1C. The molecular weight excluding hydrogens is 152 g/mol. The predicted molar refractivity (Wildman–Crippen MR) is 49.3 cm³/mol. The van der Waals surface area contributed by atoms with Gasteiger partial charge in [0.25, 0.3) is 0 Å². The Morgan fingerprint density at radius 2 is 2.25 bits per heavy atom. The third kappa shape index (κ3) is 1.95. The minimum atomic E-state index is 0.0589. The standard InChI is InChI=1S/C9H14N2O/c1-10-7-6-8-4-3-5-9(12)11(8)2/h3-5,10H,6-7H2,1-2H3. The van der Waals surface area contributed by atoms with Crippen LogP contribution in [0.5, 0.6) is 0 Å². The zero-order valence-electron chi connectivity index (χ0n) is 7.50. The molecule has 12 heavy (non-hydrogen) atoms. The van der Waals surface area contributed by atoms with Crippen molar-refractivity contribution in [2.24, 2.45) is 7.05 Å². The van der Waals surface area contributed by atoms with Crippen molar-refractivity contribution >= 4 is 0 Å². The van der Waals surface area contributed by atoms with E-state index >= 15 is 0 Å². The number of nitrogens with zero attached hydrogens (tertiary/aromatic N) is 1. The zero-order valence-corrected chi connectivity index (χ0v) is 7.50. The minimum absolute atomic E-state index is 0.0589. The summed E-state index contributed by atoms with van der Waals surface area (Å²) in [7, 11) is 3.70. The van der Waals surface area contributed by atoms with Crippen LogP contribution >= 0.6 is 0 Å². The van der Waals surface area contributed by atoms with Gasteiger partial charge in [0.15, 0.2) is 0 Å². The van der Waals surface area contributed by atoms with Gasteiger partial charge in [0.2, 0.25) is 5.56 Å². The second-order valence-corrected chi connectivity index (χ2v) is 2.77. The number of likely N-dealkylation sites (N-methyl/N-ethyl adjacent to an activating group) is 1. The summed E-state index contributed by atoms with van der Waals surface area (Å²) in [6.07, 6.45) is 0.892. The maximum atomic E-state index is 11.1.